The van der Waals surface area contributed by atoms with E-state index in [4.69, 9.17) is 4.74 Å². The van der Waals surface area contributed by atoms with Crippen LogP contribution < -0.4 is 10.1 Å². The number of nitrogens with one attached hydrogen (secondary N) is 1. The SMILES string of the molecule is CCC(C)N(CCC(=O)Nc1cccc(OC)c1)C(C)=O. The van der Waals surface area contributed by atoms with Crippen LogP contribution in [-0.4, -0.2) is 36.4 Å². The van der Waals surface area contributed by atoms with Gasteiger partial charge in [0.2, 0.25) is 11.8 Å². The Morgan fingerprint density at radius 2 is 2.10 bits per heavy atom. The van der Waals surface area contributed by atoms with Crippen molar-refractivity contribution in [1.29, 1.82) is 0 Å². The number of hydrogen-bond acceptors (Lipinski definition) is 3. The monoisotopic (exact) mass is 292 g/mol. The maximum absolute atomic E-state index is 12.0. The van der Waals surface area contributed by atoms with Crippen molar-refractivity contribution in [3.8, 4) is 5.75 Å². The lowest BCUT2D eigenvalue weighted by molar-refractivity contribution is -0.131. The van der Waals surface area contributed by atoms with Gasteiger partial charge >= 0.3 is 0 Å². The van der Waals surface area contributed by atoms with E-state index in [1.165, 1.54) is 6.92 Å². The van der Waals surface area contributed by atoms with E-state index >= 15 is 0 Å². The van der Waals surface area contributed by atoms with Crippen LogP contribution in [0.5, 0.6) is 5.75 Å². The van der Waals surface area contributed by atoms with Crippen molar-refractivity contribution in [2.75, 3.05) is 19.0 Å². The summed E-state index contributed by atoms with van der Waals surface area (Å²) in [5, 5.41) is 2.81. The summed E-state index contributed by atoms with van der Waals surface area (Å²) in [6.07, 6.45) is 1.15. The molecule has 5 nitrogen and oxygen atoms in total. The van der Waals surface area contributed by atoms with E-state index in [0.717, 1.165) is 6.42 Å². The van der Waals surface area contributed by atoms with Crippen LogP contribution in [0.15, 0.2) is 24.3 Å². The van der Waals surface area contributed by atoms with Gasteiger partial charge in [0.05, 0.1) is 7.11 Å². The predicted octanol–water partition coefficient (Wildman–Crippen LogP) is 2.67. The van der Waals surface area contributed by atoms with Gasteiger partial charge in [0.1, 0.15) is 5.75 Å². The third-order valence-electron chi connectivity index (χ3n) is 3.46. The second-order valence-corrected chi connectivity index (χ2v) is 5.00. The summed E-state index contributed by atoms with van der Waals surface area (Å²) in [7, 11) is 1.58. The minimum atomic E-state index is -0.113. The molecule has 0 aliphatic carbocycles. The normalized spacial score (nSPS) is 11.6. The van der Waals surface area contributed by atoms with Crippen LogP contribution >= 0.6 is 0 Å². The van der Waals surface area contributed by atoms with Gasteiger partial charge in [-0.3, -0.25) is 9.59 Å². The van der Waals surface area contributed by atoms with Gasteiger partial charge in [-0.25, -0.2) is 0 Å². The molecule has 0 saturated carbocycles. The maximum atomic E-state index is 12.0. The van der Waals surface area contributed by atoms with Crippen molar-refractivity contribution in [3.05, 3.63) is 24.3 Å². The molecule has 1 unspecified atom stereocenters. The Bertz CT molecular complexity index is 488. The Labute approximate surface area is 126 Å². The summed E-state index contributed by atoms with van der Waals surface area (Å²) in [5.41, 5.74) is 0.692. The predicted molar refractivity (Wildman–Crippen MR) is 83.4 cm³/mol. The quantitative estimate of drug-likeness (QED) is 0.840. The molecule has 116 valence electrons. The van der Waals surface area contributed by atoms with E-state index < -0.39 is 0 Å². The van der Waals surface area contributed by atoms with Crippen molar-refractivity contribution < 1.29 is 14.3 Å². The maximum Gasteiger partial charge on any atom is 0.226 e. The lowest BCUT2D eigenvalue weighted by atomic mass is 10.2. The van der Waals surface area contributed by atoms with Gasteiger partial charge in [0.15, 0.2) is 0 Å². The minimum absolute atomic E-state index is 0.00136. The van der Waals surface area contributed by atoms with Gasteiger partial charge in [-0.05, 0) is 25.5 Å². The fourth-order valence-corrected chi connectivity index (χ4v) is 2.05. The minimum Gasteiger partial charge on any atom is -0.497 e. The Balaban J connectivity index is 2.54. The first-order chi connectivity index (χ1) is 9.97. The van der Waals surface area contributed by atoms with E-state index in [9.17, 15) is 9.59 Å². The van der Waals surface area contributed by atoms with Gasteiger partial charge in [-0.2, -0.15) is 0 Å². The number of benzene rings is 1. The van der Waals surface area contributed by atoms with Crippen molar-refractivity contribution in [2.24, 2.45) is 0 Å². The zero-order valence-electron chi connectivity index (χ0n) is 13.2. The zero-order chi connectivity index (χ0) is 15.8. The van der Waals surface area contributed by atoms with Crippen molar-refractivity contribution in [2.45, 2.75) is 39.7 Å². The summed E-state index contributed by atoms with van der Waals surface area (Å²) < 4.78 is 5.11. The molecule has 0 radical (unpaired) electrons. The molecular formula is C16H24N2O3. The largest absolute Gasteiger partial charge is 0.497 e. The number of nitrogens with zero attached hydrogens (tertiary/aromatic N) is 1. The number of carbonyl (C=O) groups excluding carboxylic acids is 2. The average molecular weight is 292 g/mol. The highest BCUT2D eigenvalue weighted by atomic mass is 16.5. The van der Waals surface area contributed by atoms with Gasteiger partial charge in [-0.1, -0.05) is 13.0 Å². The summed E-state index contributed by atoms with van der Waals surface area (Å²) in [5.74, 6) is 0.578. The van der Waals surface area contributed by atoms with E-state index in [-0.39, 0.29) is 24.3 Å². The highest BCUT2D eigenvalue weighted by Gasteiger charge is 2.16. The highest BCUT2D eigenvalue weighted by molar-refractivity contribution is 5.91. The van der Waals surface area contributed by atoms with Gasteiger partial charge in [0.25, 0.3) is 0 Å². The van der Waals surface area contributed by atoms with Crippen LogP contribution in [-0.2, 0) is 9.59 Å². The molecule has 1 N–H and O–H groups in total. The standard InChI is InChI=1S/C16H24N2O3/c1-5-12(2)18(13(3)19)10-9-16(20)17-14-7-6-8-15(11-14)21-4/h6-8,11-12H,5,9-10H2,1-4H3,(H,17,20). The van der Waals surface area contributed by atoms with Crippen LogP contribution in [0.2, 0.25) is 0 Å². The molecule has 1 atom stereocenters. The average Bonchev–Trinajstić information content (AvgIpc) is 2.46. The lowest BCUT2D eigenvalue weighted by Crippen LogP contribution is -2.38. The fraction of sp³-hybridized carbons (Fsp3) is 0.500. The third kappa shape index (κ3) is 5.45. The molecule has 0 fully saturated rings. The molecule has 1 rings (SSSR count). The Hall–Kier alpha value is -2.04. The number of methoxy groups -OCH3 is 1. The summed E-state index contributed by atoms with van der Waals surface area (Å²) in [6.45, 7) is 5.98. The van der Waals surface area contributed by atoms with Gasteiger partial charge in [-0.15, -0.1) is 0 Å². The van der Waals surface area contributed by atoms with Crippen LogP contribution in [0.4, 0.5) is 5.69 Å². The van der Waals surface area contributed by atoms with Crippen molar-refractivity contribution in [1.82, 2.24) is 4.90 Å². The zero-order valence-corrected chi connectivity index (χ0v) is 13.2. The van der Waals surface area contributed by atoms with E-state index in [0.29, 0.717) is 18.0 Å². The second-order valence-electron chi connectivity index (χ2n) is 5.00. The van der Waals surface area contributed by atoms with Crippen molar-refractivity contribution in [3.63, 3.8) is 0 Å². The Morgan fingerprint density at radius 1 is 1.38 bits per heavy atom. The fourth-order valence-electron chi connectivity index (χ4n) is 2.05. The molecule has 0 aliphatic heterocycles. The molecule has 0 spiro atoms. The first kappa shape index (κ1) is 17.0. The first-order valence-electron chi connectivity index (χ1n) is 7.19. The van der Waals surface area contributed by atoms with Crippen LogP contribution in [0.3, 0.4) is 0 Å². The molecule has 0 bridgehead atoms. The Morgan fingerprint density at radius 3 is 2.67 bits per heavy atom. The van der Waals surface area contributed by atoms with Crippen LogP contribution in [0.1, 0.15) is 33.6 Å². The molecule has 21 heavy (non-hydrogen) atoms. The van der Waals surface area contributed by atoms with E-state index in [1.54, 1.807) is 24.1 Å². The summed E-state index contributed by atoms with van der Waals surface area (Å²) >= 11 is 0. The lowest BCUT2D eigenvalue weighted by Gasteiger charge is -2.27. The molecule has 0 aliphatic rings. The van der Waals surface area contributed by atoms with E-state index in [2.05, 4.69) is 5.32 Å². The van der Waals surface area contributed by atoms with Gasteiger partial charge in [0, 0.05) is 37.7 Å². The molecule has 2 amide bonds. The van der Waals surface area contributed by atoms with Crippen LogP contribution in [0, 0.1) is 0 Å². The molecule has 0 aromatic heterocycles. The topological polar surface area (TPSA) is 58.6 Å². The smallest absolute Gasteiger partial charge is 0.226 e. The summed E-state index contributed by atoms with van der Waals surface area (Å²) in [4.78, 5) is 25.3. The van der Waals surface area contributed by atoms with Crippen LogP contribution in [0.25, 0.3) is 0 Å². The second kappa shape index (κ2) is 8.29. The molecule has 5 heteroatoms. The molecule has 1 aromatic rings. The third-order valence-corrected chi connectivity index (χ3v) is 3.46. The number of anilines is 1. The highest BCUT2D eigenvalue weighted by Crippen LogP contribution is 2.17. The molecular weight excluding hydrogens is 268 g/mol. The number of hydrogen-bond donors (Lipinski definition) is 1. The molecule has 1 aromatic carbocycles. The molecule has 0 saturated heterocycles. The molecule has 0 heterocycles. The number of rotatable bonds is 7. The number of amides is 2. The van der Waals surface area contributed by atoms with E-state index in [1.807, 2.05) is 26.0 Å². The van der Waals surface area contributed by atoms with Crippen molar-refractivity contribution >= 4 is 17.5 Å². The first-order valence-corrected chi connectivity index (χ1v) is 7.19. The Kier molecular flexibility index (Phi) is 6.72. The number of ether oxygens (including phenoxy) is 1. The number of carbonyl (C=O) groups is 2. The summed E-state index contributed by atoms with van der Waals surface area (Å²) in [6, 6.07) is 7.34. The van der Waals surface area contributed by atoms with Gasteiger partial charge < -0.3 is 15.0 Å².